The second kappa shape index (κ2) is 6.50. The van der Waals surface area contributed by atoms with Crippen molar-refractivity contribution in [2.45, 2.75) is 32.5 Å². The number of allylic oxidation sites excluding steroid dienone is 1. The lowest BCUT2D eigenvalue weighted by Crippen LogP contribution is -2.32. The molecule has 2 heterocycles. The van der Waals surface area contributed by atoms with Crippen LogP contribution in [0.3, 0.4) is 0 Å². The van der Waals surface area contributed by atoms with Crippen molar-refractivity contribution in [3.8, 4) is 11.8 Å². The predicted molar refractivity (Wildman–Crippen MR) is 91.9 cm³/mol. The maximum Gasteiger partial charge on any atom is 0.416 e. The smallest absolute Gasteiger partial charge is 0.416 e. The van der Waals surface area contributed by atoms with E-state index >= 15 is 0 Å². The zero-order chi connectivity index (χ0) is 19.9. The lowest BCUT2D eigenvalue weighted by Gasteiger charge is -2.27. The zero-order valence-electron chi connectivity index (χ0n) is 14.6. The Kier molecular flexibility index (Phi) is 4.47. The molecule has 0 radical (unpaired) electrons. The van der Waals surface area contributed by atoms with Crippen LogP contribution in [0.4, 0.5) is 13.2 Å². The number of alkyl halides is 3. The van der Waals surface area contributed by atoms with E-state index in [9.17, 15) is 23.2 Å². The number of ether oxygens (including phenoxy) is 1. The Morgan fingerprint density at radius 2 is 1.93 bits per heavy atom. The monoisotopic (exact) mass is 375 g/mol. The van der Waals surface area contributed by atoms with Crippen molar-refractivity contribution in [3.63, 3.8) is 0 Å². The molecular formula is C19H16F3N3O2. The second-order valence-electron chi connectivity index (χ2n) is 6.16. The summed E-state index contributed by atoms with van der Waals surface area (Å²) in [6.45, 7) is 3.94. The number of rotatable bonds is 2. The summed E-state index contributed by atoms with van der Waals surface area (Å²) in [5.74, 6) is -0.849. The van der Waals surface area contributed by atoms with Crippen LogP contribution in [0.2, 0.25) is 0 Å². The van der Waals surface area contributed by atoms with Gasteiger partial charge in [0.25, 0.3) is 5.56 Å². The third-order valence-corrected chi connectivity index (χ3v) is 4.58. The van der Waals surface area contributed by atoms with Gasteiger partial charge in [-0.05, 0) is 31.5 Å². The van der Waals surface area contributed by atoms with Crippen LogP contribution in [0, 0.1) is 18.3 Å². The van der Waals surface area contributed by atoms with Gasteiger partial charge in [0, 0.05) is 18.3 Å². The number of aryl methyl sites for hydroxylation is 1. The molecule has 2 aromatic rings. The minimum absolute atomic E-state index is 0.00846. The maximum atomic E-state index is 13.0. The van der Waals surface area contributed by atoms with E-state index in [1.807, 2.05) is 6.07 Å². The van der Waals surface area contributed by atoms with Gasteiger partial charge in [-0.2, -0.15) is 18.4 Å². The fraction of sp³-hybridized carbons (Fsp3) is 0.263. The molecular weight excluding hydrogens is 359 g/mol. The van der Waals surface area contributed by atoms with Gasteiger partial charge < -0.3 is 15.0 Å². The van der Waals surface area contributed by atoms with Crippen LogP contribution in [0.15, 0.2) is 46.6 Å². The summed E-state index contributed by atoms with van der Waals surface area (Å²) in [7, 11) is 0. The average molecular weight is 375 g/mol. The normalized spacial score (nSPS) is 16.5. The number of hydrogen-bond acceptors (Lipinski definition) is 4. The Morgan fingerprint density at radius 3 is 2.44 bits per heavy atom. The molecule has 0 saturated heterocycles. The van der Waals surface area contributed by atoms with Gasteiger partial charge in [-0.1, -0.05) is 12.1 Å². The van der Waals surface area contributed by atoms with E-state index in [1.165, 1.54) is 16.7 Å². The van der Waals surface area contributed by atoms with Crippen molar-refractivity contribution in [1.82, 2.24) is 4.57 Å². The molecule has 1 aliphatic rings. The van der Waals surface area contributed by atoms with Gasteiger partial charge in [0.1, 0.15) is 17.4 Å². The molecule has 1 aliphatic heterocycles. The molecule has 8 heteroatoms. The molecule has 3 rings (SSSR count). The Bertz CT molecular complexity index is 1030. The van der Waals surface area contributed by atoms with Crippen LogP contribution in [-0.4, -0.2) is 4.57 Å². The highest BCUT2D eigenvalue weighted by Gasteiger charge is 2.35. The fourth-order valence-corrected chi connectivity index (χ4v) is 3.28. The SMILES string of the molecule is CCn1c(C)cc2c(c1=O)C(c1ccc(C(F)(F)F)cc1)C(C#N)=C(N)O2. The molecule has 0 saturated carbocycles. The van der Waals surface area contributed by atoms with Crippen molar-refractivity contribution in [2.75, 3.05) is 0 Å². The molecule has 2 N–H and O–H groups in total. The van der Waals surface area contributed by atoms with Crippen LogP contribution in [-0.2, 0) is 12.7 Å². The number of nitrogens with two attached hydrogens (primary N) is 1. The van der Waals surface area contributed by atoms with Gasteiger partial charge in [0.15, 0.2) is 0 Å². The number of aromatic nitrogens is 1. The van der Waals surface area contributed by atoms with E-state index in [0.29, 0.717) is 17.8 Å². The van der Waals surface area contributed by atoms with Gasteiger partial charge in [0.05, 0.1) is 17.0 Å². The van der Waals surface area contributed by atoms with Gasteiger partial charge in [0.2, 0.25) is 5.88 Å². The van der Waals surface area contributed by atoms with Crippen LogP contribution in [0.25, 0.3) is 0 Å². The quantitative estimate of drug-likeness (QED) is 0.872. The topological polar surface area (TPSA) is 81.0 Å². The first-order valence-electron chi connectivity index (χ1n) is 8.18. The van der Waals surface area contributed by atoms with E-state index in [4.69, 9.17) is 10.5 Å². The maximum absolute atomic E-state index is 13.0. The van der Waals surface area contributed by atoms with Gasteiger partial charge in [-0.3, -0.25) is 4.79 Å². The number of hydrogen-bond donors (Lipinski definition) is 1. The minimum atomic E-state index is -4.48. The first-order valence-corrected chi connectivity index (χ1v) is 8.18. The molecule has 140 valence electrons. The number of pyridine rings is 1. The molecule has 5 nitrogen and oxygen atoms in total. The van der Waals surface area contributed by atoms with E-state index in [-0.39, 0.29) is 28.3 Å². The van der Waals surface area contributed by atoms with Crippen LogP contribution >= 0.6 is 0 Å². The second-order valence-corrected chi connectivity index (χ2v) is 6.16. The lowest BCUT2D eigenvalue weighted by molar-refractivity contribution is -0.137. The molecule has 1 unspecified atom stereocenters. The fourth-order valence-electron chi connectivity index (χ4n) is 3.28. The Hall–Kier alpha value is -3.21. The van der Waals surface area contributed by atoms with Crippen molar-refractivity contribution in [1.29, 1.82) is 5.26 Å². The number of nitrogens with zero attached hydrogens (tertiary/aromatic N) is 2. The summed E-state index contributed by atoms with van der Waals surface area (Å²) < 4.78 is 45.6. The summed E-state index contributed by atoms with van der Waals surface area (Å²) in [6.07, 6.45) is -4.48. The summed E-state index contributed by atoms with van der Waals surface area (Å²) in [4.78, 5) is 13.0. The standard InChI is InChI=1S/C19H16F3N3O2/c1-3-25-10(2)8-14-16(18(25)26)15(13(9-23)17(24)27-14)11-4-6-12(7-5-11)19(20,21)22/h4-8,15H,3,24H2,1-2H3. The Balaban J connectivity index is 2.26. The van der Waals surface area contributed by atoms with E-state index < -0.39 is 17.7 Å². The van der Waals surface area contributed by atoms with Crippen molar-refractivity contribution >= 4 is 0 Å². The van der Waals surface area contributed by atoms with Crippen LogP contribution in [0.5, 0.6) is 5.75 Å². The number of nitriles is 1. The molecule has 0 amide bonds. The first-order chi connectivity index (χ1) is 12.7. The molecule has 0 aliphatic carbocycles. The van der Waals surface area contributed by atoms with Crippen molar-refractivity contribution < 1.29 is 17.9 Å². The van der Waals surface area contributed by atoms with E-state index in [1.54, 1.807) is 19.9 Å². The van der Waals surface area contributed by atoms with Gasteiger partial charge in [-0.15, -0.1) is 0 Å². The molecule has 27 heavy (non-hydrogen) atoms. The number of benzene rings is 1. The molecule has 0 bridgehead atoms. The summed E-state index contributed by atoms with van der Waals surface area (Å²) in [5.41, 5.74) is 5.86. The highest BCUT2D eigenvalue weighted by atomic mass is 19.4. The highest BCUT2D eigenvalue weighted by Crippen LogP contribution is 2.41. The summed E-state index contributed by atoms with van der Waals surface area (Å²) in [6, 6.07) is 7.91. The molecule has 0 fully saturated rings. The van der Waals surface area contributed by atoms with E-state index in [0.717, 1.165) is 12.1 Å². The number of halogens is 3. The zero-order valence-corrected chi connectivity index (χ0v) is 14.6. The van der Waals surface area contributed by atoms with Crippen LogP contribution < -0.4 is 16.0 Å². The molecule has 0 spiro atoms. The van der Waals surface area contributed by atoms with E-state index in [2.05, 4.69) is 0 Å². The molecule has 1 atom stereocenters. The van der Waals surface area contributed by atoms with Crippen molar-refractivity contribution in [3.05, 3.63) is 74.5 Å². The minimum Gasteiger partial charge on any atom is -0.440 e. The number of fused-ring (bicyclic) bond motifs is 1. The largest absolute Gasteiger partial charge is 0.440 e. The lowest BCUT2D eigenvalue weighted by atomic mass is 9.83. The highest BCUT2D eigenvalue weighted by molar-refractivity contribution is 5.55. The molecule has 1 aromatic heterocycles. The summed E-state index contributed by atoms with van der Waals surface area (Å²) >= 11 is 0. The Morgan fingerprint density at radius 1 is 1.30 bits per heavy atom. The third-order valence-electron chi connectivity index (χ3n) is 4.58. The Labute approximate surface area is 153 Å². The third kappa shape index (κ3) is 3.05. The van der Waals surface area contributed by atoms with Gasteiger partial charge >= 0.3 is 6.18 Å². The summed E-state index contributed by atoms with van der Waals surface area (Å²) in [5, 5.41) is 9.52. The van der Waals surface area contributed by atoms with Crippen molar-refractivity contribution in [2.24, 2.45) is 5.73 Å². The van der Waals surface area contributed by atoms with Crippen LogP contribution in [0.1, 0.15) is 35.2 Å². The predicted octanol–water partition coefficient (Wildman–Crippen LogP) is 3.41. The van der Waals surface area contributed by atoms with Gasteiger partial charge in [-0.25, -0.2) is 0 Å². The average Bonchev–Trinajstić information content (AvgIpc) is 2.60. The first kappa shape index (κ1) is 18.6. The molecule has 1 aromatic carbocycles.